The molecule has 100 valence electrons. The van der Waals surface area contributed by atoms with Crippen molar-refractivity contribution in [2.75, 3.05) is 12.0 Å². The van der Waals surface area contributed by atoms with Crippen LogP contribution in [0.25, 0.3) is 22.4 Å². The molecule has 1 aromatic carbocycles. The first kappa shape index (κ1) is 12.7. The lowest BCUT2D eigenvalue weighted by Crippen LogP contribution is -1.89. The number of aromatic nitrogens is 3. The lowest BCUT2D eigenvalue weighted by molar-refractivity contribution is 1.10. The summed E-state index contributed by atoms with van der Waals surface area (Å²) in [5.41, 5.74) is 9.93. The van der Waals surface area contributed by atoms with E-state index in [0.29, 0.717) is 5.82 Å². The number of H-pyrrole nitrogens is 1. The average molecular weight is 282 g/mol. The van der Waals surface area contributed by atoms with Crippen molar-refractivity contribution in [3.63, 3.8) is 0 Å². The zero-order valence-electron chi connectivity index (χ0n) is 11.0. The fourth-order valence-corrected chi connectivity index (χ4v) is 2.54. The van der Waals surface area contributed by atoms with Crippen LogP contribution >= 0.6 is 11.8 Å². The number of hydrogen-bond acceptors (Lipinski definition) is 4. The van der Waals surface area contributed by atoms with E-state index in [4.69, 9.17) is 5.73 Å². The Bertz CT molecular complexity index is 704. The highest BCUT2D eigenvalue weighted by atomic mass is 32.2. The van der Waals surface area contributed by atoms with Gasteiger partial charge in [-0.15, -0.1) is 11.8 Å². The van der Waals surface area contributed by atoms with Crippen LogP contribution in [0.5, 0.6) is 0 Å². The molecule has 2 aromatic heterocycles. The number of hydrogen-bond donors (Lipinski definition) is 2. The minimum Gasteiger partial charge on any atom is -0.382 e. The quantitative estimate of drug-likeness (QED) is 0.722. The Morgan fingerprint density at radius 1 is 1.00 bits per heavy atom. The lowest BCUT2D eigenvalue weighted by atomic mass is 10.0. The van der Waals surface area contributed by atoms with Gasteiger partial charge in [-0.25, -0.2) is 0 Å². The van der Waals surface area contributed by atoms with Crippen molar-refractivity contribution in [1.82, 2.24) is 15.2 Å². The molecule has 0 radical (unpaired) electrons. The maximum atomic E-state index is 6.00. The summed E-state index contributed by atoms with van der Waals surface area (Å²) in [6.07, 6.45) is 5.57. The molecule has 0 saturated heterocycles. The maximum Gasteiger partial charge on any atom is 0.153 e. The summed E-state index contributed by atoms with van der Waals surface area (Å²) in [7, 11) is 0. The Kier molecular flexibility index (Phi) is 3.43. The third-order valence-corrected chi connectivity index (χ3v) is 3.89. The predicted molar refractivity (Wildman–Crippen MR) is 83.4 cm³/mol. The van der Waals surface area contributed by atoms with E-state index >= 15 is 0 Å². The smallest absolute Gasteiger partial charge is 0.153 e. The molecule has 0 spiro atoms. The number of rotatable bonds is 3. The molecule has 0 unspecified atom stereocenters. The van der Waals surface area contributed by atoms with E-state index in [1.807, 2.05) is 12.1 Å². The Balaban J connectivity index is 2.11. The molecule has 0 fully saturated rings. The van der Waals surface area contributed by atoms with Crippen LogP contribution in [0.1, 0.15) is 0 Å². The van der Waals surface area contributed by atoms with Gasteiger partial charge in [0.05, 0.1) is 11.3 Å². The zero-order valence-corrected chi connectivity index (χ0v) is 11.8. The number of thioether (sulfide) groups is 1. The second kappa shape index (κ2) is 5.38. The number of nitrogens with zero attached hydrogens (tertiary/aromatic N) is 2. The second-order valence-corrected chi connectivity index (χ2v) is 5.20. The van der Waals surface area contributed by atoms with Crippen LogP contribution in [-0.2, 0) is 0 Å². The Hall–Kier alpha value is -2.27. The summed E-state index contributed by atoms with van der Waals surface area (Å²) >= 11 is 1.72. The minimum atomic E-state index is 0.500. The summed E-state index contributed by atoms with van der Waals surface area (Å²) < 4.78 is 0. The number of nitrogens with two attached hydrogens (primary N) is 1. The van der Waals surface area contributed by atoms with Crippen molar-refractivity contribution < 1.29 is 0 Å². The van der Waals surface area contributed by atoms with Crippen molar-refractivity contribution in [1.29, 1.82) is 0 Å². The van der Waals surface area contributed by atoms with Crippen LogP contribution in [0.2, 0.25) is 0 Å². The summed E-state index contributed by atoms with van der Waals surface area (Å²) in [6, 6.07) is 12.2. The van der Waals surface area contributed by atoms with E-state index in [9.17, 15) is 0 Å². The molecule has 0 saturated carbocycles. The van der Waals surface area contributed by atoms with Gasteiger partial charge in [0.15, 0.2) is 5.82 Å². The van der Waals surface area contributed by atoms with Gasteiger partial charge >= 0.3 is 0 Å². The molecular formula is C15H14N4S. The second-order valence-electron chi connectivity index (χ2n) is 4.32. The van der Waals surface area contributed by atoms with Crippen LogP contribution in [0, 0.1) is 0 Å². The number of benzene rings is 1. The van der Waals surface area contributed by atoms with E-state index in [1.165, 1.54) is 4.90 Å². The van der Waals surface area contributed by atoms with Gasteiger partial charge in [-0.1, -0.05) is 12.1 Å². The summed E-state index contributed by atoms with van der Waals surface area (Å²) in [4.78, 5) is 5.26. The molecule has 3 aromatic rings. The maximum absolute atomic E-state index is 6.00. The third-order valence-electron chi connectivity index (χ3n) is 3.14. The highest BCUT2D eigenvalue weighted by Crippen LogP contribution is 2.34. The van der Waals surface area contributed by atoms with Gasteiger partial charge in [-0.2, -0.15) is 5.10 Å². The Morgan fingerprint density at radius 2 is 1.70 bits per heavy atom. The van der Waals surface area contributed by atoms with Crippen molar-refractivity contribution in [3.05, 3.63) is 48.8 Å². The first-order valence-electron chi connectivity index (χ1n) is 6.18. The van der Waals surface area contributed by atoms with E-state index < -0.39 is 0 Å². The molecule has 0 aliphatic rings. The van der Waals surface area contributed by atoms with Crippen LogP contribution in [-0.4, -0.2) is 21.4 Å². The first-order valence-corrected chi connectivity index (χ1v) is 7.40. The molecule has 5 heteroatoms. The molecule has 0 atom stereocenters. The van der Waals surface area contributed by atoms with Gasteiger partial charge in [-0.3, -0.25) is 10.1 Å². The highest BCUT2D eigenvalue weighted by molar-refractivity contribution is 7.98. The summed E-state index contributed by atoms with van der Waals surface area (Å²) in [6.45, 7) is 0. The zero-order chi connectivity index (χ0) is 13.9. The van der Waals surface area contributed by atoms with Crippen LogP contribution in [0.3, 0.4) is 0 Å². The molecule has 0 amide bonds. The Labute approximate surface area is 121 Å². The fourth-order valence-electron chi connectivity index (χ4n) is 2.13. The van der Waals surface area contributed by atoms with Gasteiger partial charge in [-0.05, 0) is 36.1 Å². The molecule has 3 N–H and O–H groups in total. The fraction of sp³-hybridized carbons (Fsp3) is 0.0667. The molecular weight excluding hydrogens is 268 g/mol. The summed E-state index contributed by atoms with van der Waals surface area (Å²) in [5.74, 6) is 0.500. The molecule has 4 nitrogen and oxygen atoms in total. The van der Waals surface area contributed by atoms with Gasteiger partial charge in [0, 0.05) is 22.9 Å². The first-order chi connectivity index (χ1) is 9.79. The monoisotopic (exact) mass is 282 g/mol. The number of pyridine rings is 1. The average Bonchev–Trinajstić information content (AvgIpc) is 2.90. The SMILES string of the molecule is CSc1ccc(-c2[nH]nc(N)c2-c2ccncc2)cc1. The lowest BCUT2D eigenvalue weighted by Gasteiger charge is -2.05. The number of aromatic amines is 1. The van der Waals surface area contributed by atoms with Gasteiger partial charge in [0.1, 0.15) is 0 Å². The van der Waals surface area contributed by atoms with Gasteiger partial charge in [0.25, 0.3) is 0 Å². The standard InChI is InChI=1S/C15H14N4S/c1-20-12-4-2-11(3-5-12)14-13(15(16)19-18-14)10-6-8-17-9-7-10/h2-9H,1H3,(H3,16,18,19). The van der Waals surface area contributed by atoms with E-state index in [2.05, 4.69) is 45.7 Å². The molecule has 2 heterocycles. The third kappa shape index (κ3) is 2.28. The van der Waals surface area contributed by atoms with Crippen molar-refractivity contribution in [2.45, 2.75) is 4.90 Å². The van der Waals surface area contributed by atoms with E-state index in [-0.39, 0.29) is 0 Å². The number of nitrogens with one attached hydrogen (secondary N) is 1. The Morgan fingerprint density at radius 3 is 2.35 bits per heavy atom. The largest absolute Gasteiger partial charge is 0.382 e. The van der Waals surface area contributed by atoms with Gasteiger partial charge < -0.3 is 5.73 Å². The predicted octanol–water partition coefficient (Wildman–Crippen LogP) is 3.44. The highest BCUT2D eigenvalue weighted by Gasteiger charge is 2.14. The van der Waals surface area contributed by atoms with E-state index in [1.54, 1.807) is 24.2 Å². The summed E-state index contributed by atoms with van der Waals surface area (Å²) in [5, 5.41) is 7.16. The molecule has 0 aliphatic carbocycles. The normalized spacial score (nSPS) is 10.7. The topological polar surface area (TPSA) is 67.6 Å². The van der Waals surface area contributed by atoms with Crippen LogP contribution < -0.4 is 5.73 Å². The van der Waals surface area contributed by atoms with E-state index in [0.717, 1.165) is 22.4 Å². The van der Waals surface area contributed by atoms with Gasteiger partial charge in [0.2, 0.25) is 0 Å². The van der Waals surface area contributed by atoms with Crippen LogP contribution in [0.15, 0.2) is 53.7 Å². The molecule has 20 heavy (non-hydrogen) atoms. The number of nitrogen functional groups attached to an aromatic ring is 1. The van der Waals surface area contributed by atoms with Crippen LogP contribution in [0.4, 0.5) is 5.82 Å². The molecule has 0 aliphatic heterocycles. The van der Waals surface area contributed by atoms with Crippen molar-refractivity contribution >= 4 is 17.6 Å². The molecule has 3 rings (SSSR count). The number of anilines is 1. The minimum absolute atomic E-state index is 0.500. The molecule has 0 bridgehead atoms. The van der Waals surface area contributed by atoms with Crippen molar-refractivity contribution in [3.8, 4) is 22.4 Å². The van der Waals surface area contributed by atoms with Crippen molar-refractivity contribution in [2.24, 2.45) is 0 Å².